The molecule has 0 spiro atoms. The number of unbranched alkanes of at least 4 members (excludes halogenated alkanes) is 1. The molecular weight excluding hydrogens is 456 g/mol. The van der Waals surface area contributed by atoms with Gasteiger partial charge in [0, 0.05) is 5.70 Å². The fraction of sp³-hybridized carbons (Fsp3) is 0.391. The Balaban J connectivity index is 2.13. The first-order valence-corrected chi connectivity index (χ1v) is 12.7. The minimum Gasteiger partial charge on any atom is -0.391 e. The Kier molecular flexibility index (Phi) is 9.99. The van der Waals surface area contributed by atoms with E-state index in [0.29, 0.717) is 11.4 Å². The molecule has 186 valence electrons. The van der Waals surface area contributed by atoms with Gasteiger partial charge in [-0.3, -0.25) is 9.52 Å². The summed E-state index contributed by atoms with van der Waals surface area (Å²) in [5.41, 5.74) is 13.9. The summed E-state index contributed by atoms with van der Waals surface area (Å²) in [6.45, 7) is 6.11. The maximum atomic E-state index is 13.0. The number of hydrogen-bond donors (Lipinski definition) is 4. The summed E-state index contributed by atoms with van der Waals surface area (Å²) in [4.78, 5) is 19.2. The predicted molar refractivity (Wildman–Crippen MR) is 133 cm³/mol. The van der Waals surface area contributed by atoms with E-state index in [1.165, 1.54) is 0 Å². The largest absolute Gasteiger partial charge is 0.391 e. The zero-order valence-corrected chi connectivity index (χ0v) is 20.7. The summed E-state index contributed by atoms with van der Waals surface area (Å²) in [5, 5.41) is 6.13. The van der Waals surface area contributed by atoms with Crippen molar-refractivity contribution in [3.05, 3.63) is 70.7 Å². The van der Waals surface area contributed by atoms with Gasteiger partial charge >= 0.3 is 0 Å². The van der Waals surface area contributed by atoms with Crippen LogP contribution >= 0.6 is 0 Å². The van der Waals surface area contributed by atoms with Gasteiger partial charge in [0.05, 0.1) is 23.7 Å². The Morgan fingerprint density at radius 3 is 2.62 bits per heavy atom. The molecule has 2 rings (SSSR count). The molecule has 34 heavy (non-hydrogen) atoms. The van der Waals surface area contributed by atoms with E-state index in [4.69, 9.17) is 16.3 Å². The van der Waals surface area contributed by atoms with Crippen molar-refractivity contribution in [3.63, 3.8) is 0 Å². The van der Waals surface area contributed by atoms with E-state index < -0.39 is 10.0 Å². The first kappa shape index (κ1) is 26.8. The Labute approximate surface area is 201 Å². The maximum absolute atomic E-state index is 13.0. The lowest BCUT2D eigenvalue weighted by molar-refractivity contribution is -0.121. The van der Waals surface area contributed by atoms with Gasteiger partial charge in [-0.1, -0.05) is 43.7 Å². The molecule has 1 amide bonds. The lowest BCUT2D eigenvalue weighted by Gasteiger charge is -2.32. The van der Waals surface area contributed by atoms with Crippen LogP contribution in [-0.2, 0) is 25.4 Å². The third kappa shape index (κ3) is 8.47. The van der Waals surface area contributed by atoms with Gasteiger partial charge in [-0.05, 0) is 48.7 Å². The number of nitrogens with zero attached hydrogens (tertiary/aromatic N) is 2. The second kappa shape index (κ2) is 12.7. The van der Waals surface area contributed by atoms with E-state index in [0.717, 1.165) is 29.7 Å². The van der Waals surface area contributed by atoms with E-state index in [9.17, 15) is 13.2 Å². The third-order valence-corrected chi connectivity index (χ3v) is 6.19. The van der Waals surface area contributed by atoms with Crippen LogP contribution in [0, 0.1) is 6.92 Å². The molecule has 1 heterocycles. The van der Waals surface area contributed by atoms with Crippen molar-refractivity contribution < 1.29 is 18.0 Å². The maximum Gasteiger partial charge on any atom is 0.240 e. The molecule has 0 fully saturated rings. The highest BCUT2D eigenvalue weighted by molar-refractivity contribution is 7.88. The van der Waals surface area contributed by atoms with Crippen LogP contribution in [0.25, 0.3) is 0 Å². The molecule has 1 aliphatic heterocycles. The Morgan fingerprint density at radius 2 is 1.94 bits per heavy atom. The van der Waals surface area contributed by atoms with Gasteiger partial charge in [0.15, 0.2) is 0 Å². The van der Waals surface area contributed by atoms with Crippen LogP contribution in [0.15, 0.2) is 64.7 Å². The van der Waals surface area contributed by atoms with E-state index in [-0.39, 0.29) is 37.3 Å². The average molecular weight is 491 g/mol. The number of carbonyl (C=O) groups is 1. The number of rotatable bonds is 12. The summed E-state index contributed by atoms with van der Waals surface area (Å²) in [6.07, 6.45) is 7.04. The number of aryl methyl sites for hydroxylation is 1. The normalized spacial score (nSPS) is 14.8. The fourth-order valence-corrected chi connectivity index (χ4v) is 4.56. The third-order valence-electron chi connectivity index (χ3n) is 4.97. The molecule has 10 nitrogen and oxygen atoms in total. The number of nitrogens with two attached hydrogens (primary N) is 2. The van der Waals surface area contributed by atoms with E-state index >= 15 is 0 Å². The van der Waals surface area contributed by atoms with Crippen molar-refractivity contribution in [1.29, 1.82) is 0 Å². The van der Waals surface area contributed by atoms with Crippen LogP contribution < -0.4 is 21.5 Å². The van der Waals surface area contributed by atoms with E-state index in [1.54, 1.807) is 23.1 Å². The smallest absolute Gasteiger partial charge is 0.240 e. The molecule has 0 atom stereocenters. The van der Waals surface area contributed by atoms with Gasteiger partial charge in [0.2, 0.25) is 21.9 Å². The molecule has 11 heteroatoms. The van der Waals surface area contributed by atoms with Gasteiger partial charge < -0.3 is 26.5 Å². The number of benzene rings is 1. The molecule has 0 saturated carbocycles. The molecule has 0 saturated heterocycles. The lowest BCUT2D eigenvalue weighted by atomic mass is 10.1. The van der Waals surface area contributed by atoms with Crippen LogP contribution in [0.1, 0.15) is 37.8 Å². The van der Waals surface area contributed by atoms with Crippen molar-refractivity contribution in [2.24, 2.45) is 16.6 Å². The number of nitrogens with one attached hydrogen (secondary N) is 2. The first-order chi connectivity index (χ1) is 16.1. The molecule has 0 bridgehead atoms. The van der Waals surface area contributed by atoms with Crippen molar-refractivity contribution in [1.82, 2.24) is 14.9 Å². The predicted octanol–water partition coefficient (Wildman–Crippen LogP) is 1.52. The number of sulfonamides is 1. The van der Waals surface area contributed by atoms with Crippen molar-refractivity contribution in [3.8, 4) is 0 Å². The van der Waals surface area contributed by atoms with Gasteiger partial charge in [-0.25, -0.2) is 8.42 Å². The topological polar surface area (TPSA) is 152 Å². The molecule has 1 aromatic rings. The van der Waals surface area contributed by atoms with Crippen LogP contribution in [0.5, 0.6) is 0 Å². The molecule has 0 unspecified atom stereocenters. The van der Waals surface area contributed by atoms with Crippen LogP contribution in [0.3, 0.4) is 0 Å². The van der Waals surface area contributed by atoms with Gasteiger partial charge in [-0.2, -0.15) is 0 Å². The highest BCUT2D eigenvalue weighted by Crippen LogP contribution is 2.25. The molecule has 1 aliphatic rings. The fourth-order valence-electron chi connectivity index (χ4n) is 3.25. The summed E-state index contributed by atoms with van der Waals surface area (Å²) >= 11 is 0. The minimum atomic E-state index is -3.68. The number of guanidine groups is 1. The summed E-state index contributed by atoms with van der Waals surface area (Å²) in [5.74, 6) is -0.598. The van der Waals surface area contributed by atoms with Crippen LogP contribution in [0.4, 0.5) is 0 Å². The number of oxime groups is 1. The highest BCUT2D eigenvalue weighted by atomic mass is 32.2. The summed E-state index contributed by atoms with van der Waals surface area (Å²) in [6, 6.07) is 7.37. The van der Waals surface area contributed by atoms with E-state index in [2.05, 4.69) is 15.2 Å². The zero-order valence-electron chi connectivity index (χ0n) is 19.9. The van der Waals surface area contributed by atoms with Gasteiger partial charge in [0.1, 0.15) is 13.2 Å². The Bertz CT molecular complexity index is 1090. The van der Waals surface area contributed by atoms with Crippen LogP contribution in [0.2, 0.25) is 0 Å². The molecule has 6 N–H and O–H groups in total. The Morgan fingerprint density at radius 1 is 1.21 bits per heavy atom. The quantitative estimate of drug-likeness (QED) is 0.150. The average Bonchev–Trinajstić information content (AvgIpc) is 2.76. The summed E-state index contributed by atoms with van der Waals surface area (Å²) in [7, 11) is -3.68. The van der Waals surface area contributed by atoms with Crippen molar-refractivity contribution in [2.75, 3.05) is 19.7 Å². The molecule has 0 aromatic heterocycles. The number of hydrogen-bond acceptors (Lipinski definition) is 6. The Hall–Kier alpha value is -3.47. The second-order valence-corrected chi connectivity index (χ2v) is 9.56. The molecule has 0 aliphatic carbocycles. The lowest BCUT2D eigenvalue weighted by Crippen LogP contribution is -2.40. The van der Waals surface area contributed by atoms with Crippen molar-refractivity contribution in [2.45, 2.75) is 39.4 Å². The molecule has 0 radical (unpaired) electrons. The van der Waals surface area contributed by atoms with E-state index in [1.807, 2.05) is 45.0 Å². The number of carbonyl (C=O) groups excluding carboxylic acids is 1. The SMILES string of the molecule is CCC/C=C1\C(NS(=O)(=O)Cc2ccccc2C)=CC=C(C)N1CC(=O)NCCON=C(N)N. The molecule has 1 aromatic carbocycles. The second-order valence-electron chi connectivity index (χ2n) is 7.84. The van der Waals surface area contributed by atoms with Gasteiger partial charge in [-0.15, -0.1) is 0 Å². The highest BCUT2D eigenvalue weighted by Gasteiger charge is 2.24. The summed E-state index contributed by atoms with van der Waals surface area (Å²) < 4.78 is 28.6. The number of amides is 1. The standard InChI is InChI=1S/C23H34N6O4S/c1-4-5-10-21-20(28-34(31,32)16-19-9-7-6-8-17(19)2)12-11-18(3)29(21)15-22(30)26-13-14-33-27-23(24)25/h6-12,28H,4-5,13-16H2,1-3H3,(H,26,30)(H4,24,25,27)/b21-10+. The molecular formula is C23H34N6O4S. The first-order valence-electron chi connectivity index (χ1n) is 11.0. The van der Waals surface area contributed by atoms with Crippen LogP contribution in [-0.4, -0.2) is 44.9 Å². The number of allylic oxidation sites excluding steroid dienone is 4. The monoisotopic (exact) mass is 490 g/mol. The minimum absolute atomic E-state index is 0.0110. The van der Waals surface area contributed by atoms with Gasteiger partial charge in [0.25, 0.3) is 0 Å². The zero-order chi connectivity index (χ0) is 25.1. The van der Waals surface area contributed by atoms with Crippen molar-refractivity contribution >= 4 is 21.9 Å².